The summed E-state index contributed by atoms with van der Waals surface area (Å²) in [4.78, 5) is 18.2. The molecular weight excluding hydrogens is 368 g/mol. The number of aromatic amines is 1. The Morgan fingerprint density at radius 2 is 1.86 bits per heavy atom. The van der Waals surface area contributed by atoms with Crippen molar-refractivity contribution in [2.75, 3.05) is 13.1 Å². The van der Waals surface area contributed by atoms with E-state index in [1.54, 1.807) is 10.8 Å². The van der Waals surface area contributed by atoms with Crippen molar-refractivity contribution in [2.45, 2.75) is 25.9 Å². The van der Waals surface area contributed by atoms with E-state index in [0.29, 0.717) is 17.0 Å². The molecule has 0 radical (unpaired) electrons. The molecule has 2 aromatic carbocycles. The molecule has 5 nitrogen and oxygen atoms in total. The molecule has 6 heteroatoms. The molecule has 1 unspecified atom stereocenters. The van der Waals surface area contributed by atoms with Gasteiger partial charge in [0.05, 0.1) is 0 Å². The van der Waals surface area contributed by atoms with Crippen LogP contribution in [0.1, 0.15) is 28.5 Å². The first-order valence-corrected chi connectivity index (χ1v) is 9.99. The lowest BCUT2D eigenvalue weighted by Gasteiger charge is -2.33. The lowest BCUT2D eigenvalue weighted by molar-refractivity contribution is 0.0925. The van der Waals surface area contributed by atoms with Crippen LogP contribution in [0.25, 0.3) is 5.69 Å². The fourth-order valence-electron chi connectivity index (χ4n) is 3.72. The lowest BCUT2D eigenvalue weighted by atomic mass is 9.99. The maximum Gasteiger partial charge on any atom is 0.269 e. The normalized spacial score (nSPS) is 15.0. The smallest absolute Gasteiger partial charge is 0.269 e. The van der Waals surface area contributed by atoms with E-state index in [0.717, 1.165) is 25.2 Å². The monoisotopic (exact) mass is 392 g/mol. The first-order valence-electron chi connectivity index (χ1n) is 9.58. The SMILES string of the molecule is CC(CNC(=O)c1c[nH]c(=S)n1-c1ccccc1)N1CCc2ccccc2C1. The summed E-state index contributed by atoms with van der Waals surface area (Å²) >= 11 is 5.37. The quantitative estimate of drug-likeness (QED) is 0.651. The van der Waals surface area contributed by atoms with Gasteiger partial charge in [-0.15, -0.1) is 0 Å². The number of aromatic nitrogens is 2. The van der Waals surface area contributed by atoms with Crippen LogP contribution in [0.4, 0.5) is 0 Å². The van der Waals surface area contributed by atoms with E-state index in [1.807, 2.05) is 30.3 Å². The van der Waals surface area contributed by atoms with Gasteiger partial charge in [0.25, 0.3) is 5.91 Å². The molecule has 0 aliphatic carbocycles. The summed E-state index contributed by atoms with van der Waals surface area (Å²) in [5.41, 5.74) is 4.21. The number of hydrogen-bond acceptors (Lipinski definition) is 3. The second-order valence-electron chi connectivity index (χ2n) is 7.20. The molecule has 2 N–H and O–H groups in total. The third kappa shape index (κ3) is 3.79. The van der Waals surface area contributed by atoms with Crippen LogP contribution in [0.2, 0.25) is 0 Å². The fraction of sp³-hybridized carbons (Fsp3) is 0.273. The molecule has 4 rings (SSSR count). The molecule has 28 heavy (non-hydrogen) atoms. The highest BCUT2D eigenvalue weighted by atomic mass is 32.1. The van der Waals surface area contributed by atoms with Gasteiger partial charge in [0.15, 0.2) is 4.77 Å². The molecule has 144 valence electrons. The van der Waals surface area contributed by atoms with Crippen molar-refractivity contribution in [1.29, 1.82) is 0 Å². The number of nitrogens with zero attached hydrogens (tertiary/aromatic N) is 2. The zero-order chi connectivity index (χ0) is 19.5. The van der Waals surface area contributed by atoms with Gasteiger partial charge in [0.1, 0.15) is 5.69 Å². The van der Waals surface area contributed by atoms with Crippen molar-refractivity contribution in [3.05, 3.63) is 82.4 Å². The Morgan fingerprint density at radius 1 is 1.14 bits per heavy atom. The highest BCUT2D eigenvalue weighted by molar-refractivity contribution is 7.71. The number of amides is 1. The standard InChI is InChI=1S/C22H24N4OS/c1-16(25-12-11-17-7-5-6-8-18(17)15-25)13-23-21(27)20-14-24-22(28)26(20)19-9-3-2-4-10-19/h2-10,14,16H,11-13,15H2,1H3,(H,23,27)(H,24,28). The van der Waals surface area contributed by atoms with Crippen molar-refractivity contribution in [3.63, 3.8) is 0 Å². The van der Waals surface area contributed by atoms with Crippen molar-refractivity contribution in [3.8, 4) is 5.69 Å². The number of rotatable bonds is 5. The number of imidazole rings is 1. The number of carbonyl (C=O) groups excluding carboxylic acids is 1. The van der Waals surface area contributed by atoms with Crippen LogP contribution in [0.3, 0.4) is 0 Å². The molecule has 2 heterocycles. The van der Waals surface area contributed by atoms with Crippen LogP contribution in [0.15, 0.2) is 60.8 Å². The Kier molecular flexibility index (Phi) is 5.41. The number of hydrogen-bond donors (Lipinski definition) is 2. The Hall–Kier alpha value is -2.70. The first kappa shape index (κ1) is 18.7. The third-order valence-electron chi connectivity index (χ3n) is 5.36. The highest BCUT2D eigenvalue weighted by Gasteiger charge is 2.21. The number of nitrogens with one attached hydrogen (secondary N) is 2. The summed E-state index contributed by atoms with van der Waals surface area (Å²) in [5.74, 6) is -0.125. The van der Waals surface area contributed by atoms with Crippen molar-refractivity contribution >= 4 is 18.1 Å². The summed E-state index contributed by atoms with van der Waals surface area (Å²) in [7, 11) is 0. The van der Waals surface area contributed by atoms with Gasteiger partial charge >= 0.3 is 0 Å². The molecule has 0 bridgehead atoms. The summed E-state index contributed by atoms with van der Waals surface area (Å²) < 4.78 is 2.28. The minimum absolute atomic E-state index is 0.125. The second kappa shape index (κ2) is 8.12. The Morgan fingerprint density at radius 3 is 2.64 bits per heavy atom. The Labute approximate surface area is 170 Å². The number of benzene rings is 2. The molecule has 0 saturated carbocycles. The maximum absolute atomic E-state index is 12.8. The number of H-pyrrole nitrogens is 1. The average molecular weight is 393 g/mol. The predicted octanol–water partition coefficient (Wildman–Crippen LogP) is 3.71. The van der Waals surface area contributed by atoms with Gasteiger partial charge in [0, 0.05) is 37.6 Å². The second-order valence-corrected chi connectivity index (χ2v) is 7.58. The third-order valence-corrected chi connectivity index (χ3v) is 5.67. The van der Waals surface area contributed by atoms with Gasteiger partial charge in [-0.1, -0.05) is 42.5 Å². The van der Waals surface area contributed by atoms with Gasteiger partial charge in [-0.05, 0) is 48.8 Å². The fourth-order valence-corrected chi connectivity index (χ4v) is 3.99. The van der Waals surface area contributed by atoms with Gasteiger partial charge in [-0.2, -0.15) is 0 Å². The first-order chi connectivity index (χ1) is 13.6. The molecule has 0 saturated heterocycles. The number of fused-ring (bicyclic) bond motifs is 1. The van der Waals surface area contributed by atoms with E-state index in [2.05, 4.69) is 46.4 Å². The van der Waals surface area contributed by atoms with E-state index in [1.165, 1.54) is 11.1 Å². The molecule has 1 atom stereocenters. The van der Waals surface area contributed by atoms with Crippen LogP contribution < -0.4 is 5.32 Å². The van der Waals surface area contributed by atoms with Crippen molar-refractivity contribution < 1.29 is 4.79 Å². The molecule has 1 aliphatic rings. The van der Waals surface area contributed by atoms with E-state index in [9.17, 15) is 4.79 Å². The van der Waals surface area contributed by atoms with Crippen LogP contribution in [-0.2, 0) is 13.0 Å². The molecule has 0 fully saturated rings. The van der Waals surface area contributed by atoms with Gasteiger partial charge in [-0.3, -0.25) is 14.3 Å². The minimum atomic E-state index is -0.125. The van der Waals surface area contributed by atoms with E-state index in [4.69, 9.17) is 12.2 Å². The summed E-state index contributed by atoms with van der Waals surface area (Å²) in [6.45, 7) is 4.69. The zero-order valence-corrected chi connectivity index (χ0v) is 16.7. The average Bonchev–Trinajstić information content (AvgIpc) is 3.13. The number of carbonyl (C=O) groups is 1. The maximum atomic E-state index is 12.8. The molecule has 1 aliphatic heterocycles. The Bertz CT molecular complexity index is 1020. The predicted molar refractivity (Wildman–Crippen MR) is 113 cm³/mol. The Balaban J connectivity index is 1.42. The number of para-hydroxylation sites is 1. The minimum Gasteiger partial charge on any atom is -0.349 e. The van der Waals surface area contributed by atoms with E-state index >= 15 is 0 Å². The van der Waals surface area contributed by atoms with E-state index < -0.39 is 0 Å². The zero-order valence-electron chi connectivity index (χ0n) is 15.9. The molecule has 1 amide bonds. The van der Waals surface area contributed by atoms with Gasteiger partial charge in [0.2, 0.25) is 0 Å². The van der Waals surface area contributed by atoms with Crippen molar-refractivity contribution in [1.82, 2.24) is 19.8 Å². The van der Waals surface area contributed by atoms with Gasteiger partial charge in [-0.25, -0.2) is 0 Å². The molecule has 3 aromatic rings. The molecule has 0 spiro atoms. The summed E-state index contributed by atoms with van der Waals surface area (Å²) in [6, 6.07) is 18.5. The summed E-state index contributed by atoms with van der Waals surface area (Å²) in [5, 5.41) is 3.08. The molecular formula is C22H24N4OS. The molecule has 1 aromatic heterocycles. The van der Waals surface area contributed by atoms with Crippen LogP contribution >= 0.6 is 12.2 Å². The van der Waals surface area contributed by atoms with E-state index in [-0.39, 0.29) is 11.9 Å². The van der Waals surface area contributed by atoms with Crippen LogP contribution in [-0.4, -0.2) is 39.5 Å². The van der Waals surface area contributed by atoms with Crippen molar-refractivity contribution in [2.24, 2.45) is 0 Å². The lowest BCUT2D eigenvalue weighted by Crippen LogP contribution is -2.44. The summed E-state index contributed by atoms with van der Waals surface area (Å²) in [6.07, 6.45) is 2.73. The van der Waals surface area contributed by atoms with Crippen LogP contribution in [0, 0.1) is 4.77 Å². The van der Waals surface area contributed by atoms with Crippen LogP contribution in [0.5, 0.6) is 0 Å². The van der Waals surface area contributed by atoms with Gasteiger partial charge < -0.3 is 10.3 Å². The largest absolute Gasteiger partial charge is 0.349 e. The topological polar surface area (TPSA) is 53.1 Å². The highest BCUT2D eigenvalue weighted by Crippen LogP contribution is 2.20.